The molecule has 0 saturated carbocycles. The number of esters is 1. The molecule has 28 heavy (non-hydrogen) atoms. The molecule has 1 amide bonds. The van der Waals surface area contributed by atoms with Crippen molar-refractivity contribution in [3.8, 4) is 5.75 Å². The second-order valence-electron chi connectivity index (χ2n) is 8.65. The van der Waals surface area contributed by atoms with Crippen molar-refractivity contribution in [2.45, 2.75) is 79.2 Å². The minimum atomic E-state index is -0.833. The van der Waals surface area contributed by atoms with Crippen LogP contribution < -0.4 is 10.1 Å². The highest BCUT2D eigenvalue weighted by Gasteiger charge is 2.34. The molecule has 0 heterocycles. The van der Waals surface area contributed by atoms with E-state index in [1.807, 2.05) is 58.0 Å². The number of ether oxygens (including phenoxy) is 3. The van der Waals surface area contributed by atoms with Gasteiger partial charge in [0, 0.05) is 0 Å². The lowest BCUT2D eigenvalue weighted by molar-refractivity contribution is -0.161. The van der Waals surface area contributed by atoms with E-state index >= 15 is 0 Å². The van der Waals surface area contributed by atoms with Crippen LogP contribution in [0, 0.1) is 11.8 Å². The van der Waals surface area contributed by atoms with Crippen LogP contribution in [-0.4, -0.2) is 35.9 Å². The Balaban J connectivity index is 2.82. The maximum absolute atomic E-state index is 12.6. The summed E-state index contributed by atoms with van der Waals surface area (Å²) >= 11 is 0. The molecule has 0 bridgehead atoms. The molecule has 0 saturated heterocycles. The van der Waals surface area contributed by atoms with Gasteiger partial charge < -0.3 is 19.5 Å². The van der Waals surface area contributed by atoms with E-state index in [2.05, 4.69) is 5.32 Å². The van der Waals surface area contributed by atoms with Crippen molar-refractivity contribution in [1.29, 1.82) is 0 Å². The van der Waals surface area contributed by atoms with Crippen LogP contribution in [0.1, 0.15) is 55.4 Å². The number of carbonyl (C=O) groups is 2. The lowest BCUT2D eigenvalue weighted by atomic mass is 9.93. The fraction of sp³-hybridized carbons (Fsp3) is 0.636. The number of carbonyl (C=O) groups excluding carboxylic acids is 2. The Hall–Kier alpha value is -2.24. The van der Waals surface area contributed by atoms with Crippen molar-refractivity contribution in [2.75, 3.05) is 0 Å². The van der Waals surface area contributed by atoms with Gasteiger partial charge in [-0.1, -0.05) is 45.9 Å². The third kappa shape index (κ3) is 8.19. The van der Waals surface area contributed by atoms with Gasteiger partial charge in [0.2, 0.25) is 0 Å². The number of benzene rings is 1. The summed E-state index contributed by atoms with van der Waals surface area (Å²) in [6.07, 6.45) is -1.44. The van der Waals surface area contributed by atoms with Crippen LogP contribution in [0.3, 0.4) is 0 Å². The van der Waals surface area contributed by atoms with Crippen LogP contribution >= 0.6 is 0 Å². The zero-order chi connectivity index (χ0) is 21.5. The zero-order valence-corrected chi connectivity index (χ0v) is 18.3. The standard InChI is InChI=1S/C22H35NO5/c1-14(2)18(26-17-12-10-9-11-13-17)19(15(3)4)27-20(24)16(5)23-21(25)28-22(6,7)8/h9-16,18-19H,1-8H3,(H,23,25)/t16-,18+,19-/m0/s1. The predicted octanol–water partition coefficient (Wildman–Crippen LogP) is 4.57. The van der Waals surface area contributed by atoms with Crippen LogP contribution in [0.5, 0.6) is 5.75 Å². The van der Waals surface area contributed by atoms with Crippen LogP contribution in [0.4, 0.5) is 4.79 Å². The Morgan fingerprint density at radius 3 is 1.89 bits per heavy atom. The van der Waals surface area contributed by atoms with Crippen LogP contribution in [-0.2, 0) is 14.3 Å². The highest BCUT2D eigenvalue weighted by atomic mass is 16.6. The number of nitrogens with one attached hydrogen (secondary N) is 1. The molecule has 0 aliphatic carbocycles. The van der Waals surface area contributed by atoms with Crippen LogP contribution in [0.25, 0.3) is 0 Å². The molecule has 1 rings (SSSR count). The molecule has 6 heteroatoms. The Kier molecular flexibility index (Phi) is 8.79. The average molecular weight is 394 g/mol. The van der Waals surface area contributed by atoms with Crippen LogP contribution in [0.15, 0.2) is 30.3 Å². The zero-order valence-electron chi connectivity index (χ0n) is 18.3. The molecule has 0 spiro atoms. The molecule has 1 aromatic carbocycles. The summed E-state index contributed by atoms with van der Waals surface area (Å²) in [6.45, 7) is 14.9. The molecule has 3 atom stereocenters. The van der Waals surface area contributed by atoms with Crippen molar-refractivity contribution >= 4 is 12.1 Å². The monoisotopic (exact) mass is 393 g/mol. The number of alkyl carbamates (subject to hydrolysis) is 1. The molecule has 0 radical (unpaired) electrons. The minimum Gasteiger partial charge on any atom is -0.486 e. The Morgan fingerprint density at radius 2 is 1.43 bits per heavy atom. The first-order valence-electron chi connectivity index (χ1n) is 9.82. The van der Waals surface area contributed by atoms with Gasteiger partial charge in [0.25, 0.3) is 0 Å². The van der Waals surface area contributed by atoms with E-state index in [-0.39, 0.29) is 17.9 Å². The van der Waals surface area contributed by atoms with E-state index in [9.17, 15) is 9.59 Å². The van der Waals surface area contributed by atoms with E-state index in [0.29, 0.717) is 0 Å². The lowest BCUT2D eigenvalue weighted by Crippen LogP contribution is -2.48. The second kappa shape index (κ2) is 10.3. The molecule has 0 aliphatic rings. The molecule has 0 fully saturated rings. The first-order valence-corrected chi connectivity index (χ1v) is 9.82. The van der Waals surface area contributed by atoms with E-state index in [1.54, 1.807) is 27.7 Å². The van der Waals surface area contributed by atoms with Crippen molar-refractivity contribution < 1.29 is 23.8 Å². The topological polar surface area (TPSA) is 73.9 Å². The number of para-hydroxylation sites is 1. The highest BCUT2D eigenvalue weighted by Crippen LogP contribution is 2.24. The SMILES string of the molecule is CC(C)[C@@H](Oc1ccccc1)[C@@H](OC(=O)[C@H](C)NC(=O)OC(C)(C)C)C(C)C. The largest absolute Gasteiger partial charge is 0.486 e. The van der Waals surface area contributed by atoms with Crippen LogP contribution in [0.2, 0.25) is 0 Å². The van der Waals surface area contributed by atoms with E-state index < -0.39 is 29.8 Å². The summed E-state index contributed by atoms with van der Waals surface area (Å²) in [7, 11) is 0. The smallest absolute Gasteiger partial charge is 0.408 e. The molecular formula is C22H35NO5. The molecule has 1 N–H and O–H groups in total. The summed E-state index contributed by atoms with van der Waals surface area (Å²) in [5.41, 5.74) is -0.638. The molecule has 0 aliphatic heterocycles. The van der Waals surface area contributed by atoms with Crippen molar-refractivity contribution in [1.82, 2.24) is 5.32 Å². The minimum absolute atomic E-state index is 0.0359. The number of hydrogen-bond donors (Lipinski definition) is 1. The first kappa shape index (κ1) is 23.8. The summed E-state index contributed by atoms with van der Waals surface area (Å²) in [4.78, 5) is 24.5. The Labute approximate surface area is 168 Å². The molecule has 0 unspecified atom stereocenters. The van der Waals surface area contributed by atoms with Crippen molar-refractivity contribution in [2.24, 2.45) is 11.8 Å². The summed E-state index contributed by atoms with van der Waals surface area (Å²) in [5.74, 6) is 0.359. The molecular weight excluding hydrogens is 358 g/mol. The molecule has 0 aromatic heterocycles. The van der Waals surface area contributed by atoms with Gasteiger partial charge in [0.15, 0.2) is 0 Å². The highest BCUT2D eigenvalue weighted by molar-refractivity contribution is 5.81. The van der Waals surface area contributed by atoms with E-state index in [0.717, 1.165) is 5.75 Å². The van der Waals surface area contributed by atoms with E-state index in [1.165, 1.54) is 0 Å². The van der Waals surface area contributed by atoms with Gasteiger partial charge in [-0.15, -0.1) is 0 Å². The fourth-order valence-electron chi connectivity index (χ4n) is 2.60. The quantitative estimate of drug-likeness (QED) is 0.655. The number of rotatable bonds is 8. The normalized spacial score (nSPS) is 14.9. The maximum Gasteiger partial charge on any atom is 0.408 e. The Morgan fingerprint density at radius 1 is 0.893 bits per heavy atom. The van der Waals surface area contributed by atoms with E-state index in [4.69, 9.17) is 14.2 Å². The number of amides is 1. The third-order valence-corrected chi connectivity index (χ3v) is 3.99. The Bertz CT molecular complexity index is 622. The van der Waals surface area contributed by atoms with Gasteiger partial charge in [-0.25, -0.2) is 9.59 Å². The molecule has 158 valence electrons. The van der Waals surface area contributed by atoms with Gasteiger partial charge in [0.05, 0.1) is 0 Å². The summed E-state index contributed by atoms with van der Waals surface area (Å²) in [6, 6.07) is 8.64. The van der Waals surface area contributed by atoms with Gasteiger partial charge in [0.1, 0.15) is 29.6 Å². The van der Waals surface area contributed by atoms with Gasteiger partial charge >= 0.3 is 12.1 Å². The van der Waals surface area contributed by atoms with Crippen molar-refractivity contribution in [3.63, 3.8) is 0 Å². The maximum atomic E-state index is 12.6. The summed E-state index contributed by atoms with van der Waals surface area (Å²) < 4.78 is 17.1. The lowest BCUT2D eigenvalue weighted by Gasteiger charge is -2.33. The molecule has 6 nitrogen and oxygen atoms in total. The van der Waals surface area contributed by atoms with Gasteiger partial charge in [-0.2, -0.15) is 0 Å². The number of hydrogen-bond acceptors (Lipinski definition) is 5. The van der Waals surface area contributed by atoms with Crippen molar-refractivity contribution in [3.05, 3.63) is 30.3 Å². The summed E-state index contributed by atoms with van der Waals surface area (Å²) in [5, 5.41) is 2.52. The van der Waals surface area contributed by atoms with Gasteiger partial charge in [-0.05, 0) is 51.7 Å². The van der Waals surface area contributed by atoms with Gasteiger partial charge in [-0.3, -0.25) is 0 Å². The predicted molar refractivity (Wildman–Crippen MR) is 109 cm³/mol. The second-order valence-corrected chi connectivity index (χ2v) is 8.65. The molecule has 1 aromatic rings. The average Bonchev–Trinajstić information content (AvgIpc) is 2.56. The fourth-order valence-corrected chi connectivity index (χ4v) is 2.60. The third-order valence-electron chi connectivity index (χ3n) is 3.99. The first-order chi connectivity index (χ1) is 12.9.